The Morgan fingerprint density at radius 1 is 1.11 bits per heavy atom. The molecule has 0 atom stereocenters. The Balaban J connectivity index is 0.00000196. The second-order valence-electron chi connectivity index (χ2n) is 5.44. The second-order valence-corrected chi connectivity index (χ2v) is 6.67. The summed E-state index contributed by atoms with van der Waals surface area (Å²) in [6, 6.07) is 9.12. The van der Waals surface area contributed by atoms with E-state index in [1.54, 1.807) is 24.3 Å². The van der Waals surface area contributed by atoms with Crippen LogP contribution >= 0.6 is 35.4 Å². The summed E-state index contributed by atoms with van der Waals surface area (Å²) in [6.07, 6.45) is 1.39. The van der Waals surface area contributed by atoms with Gasteiger partial charge in [0.15, 0.2) is 16.5 Å². The first kappa shape index (κ1) is 23.5. The molecule has 28 heavy (non-hydrogen) atoms. The number of amides is 2. The van der Waals surface area contributed by atoms with E-state index in [0.29, 0.717) is 22.0 Å². The molecule has 1 aliphatic rings. The molecule has 0 saturated carbocycles. The van der Waals surface area contributed by atoms with E-state index < -0.39 is 11.8 Å². The van der Waals surface area contributed by atoms with Crippen LogP contribution in [0.2, 0.25) is 10.0 Å². The van der Waals surface area contributed by atoms with Crippen LogP contribution in [-0.4, -0.2) is 33.0 Å². The van der Waals surface area contributed by atoms with Crippen LogP contribution in [0.5, 0.6) is 5.75 Å². The van der Waals surface area contributed by atoms with Crippen LogP contribution in [0.15, 0.2) is 42.0 Å². The predicted molar refractivity (Wildman–Crippen MR) is 111 cm³/mol. The van der Waals surface area contributed by atoms with Gasteiger partial charge >= 0.3 is 0 Å². The molecule has 0 unspecified atom stereocenters. The molecule has 0 bridgehead atoms. The van der Waals surface area contributed by atoms with E-state index in [9.17, 15) is 14.7 Å². The first-order chi connectivity index (χ1) is 12.3. The first-order valence-electron chi connectivity index (χ1n) is 7.29. The van der Waals surface area contributed by atoms with Crippen LogP contribution in [0.3, 0.4) is 0 Å². The molecule has 2 amide bonds. The van der Waals surface area contributed by atoms with Gasteiger partial charge in [0.2, 0.25) is 0 Å². The summed E-state index contributed by atoms with van der Waals surface area (Å²) < 4.78 is 0. The molecule has 148 valence electrons. The fourth-order valence-electron chi connectivity index (χ4n) is 2.40. The molecule has 2 aromatic carbocycles. The van der Waals surface area contributed by atoms with Gasteiger partial charge in [0.25, 0.3) is 11.8 Å². The zero-order chi connectivity index (χ0) is 19.0. The van der Waals surface area contributed by atoms with Crippen LogP contribution in [0, 0.1) is 0 Å². The lowest BCUT2D eigenvalue weighted by Gasteiger charge is -2.29. The molecule has 8 nitrogen and oxygen atoms in total. The summed E-state index contributed by atoms with van der Waals surface area (Å²) in [4.78, 5) is 26.3. The number of anilines is 1. The Morgan fingerprint density at radius 3 is 2.39 bits per heavy atom. The lowest BCUT2D eigenvalue weighted by Crippen LogP contribution is -2.54. The first-order valence-corrected chi connectivity index (χ1v) is 8.46. The molecule has 1 fully saturated rings. The molecule has 11 heteroatoms. The van der Waals surface area contributed by atoms with Gasteiger partial charge in [0, 0.05) is 11.1 Å². The highest BCUT2D eigenvalue weighted by molar-refractivity contribution is 7.80. The number of nitrogens with one attached hydrogen (secondary N) is 1. The van der Waals surface area contributed by atoms with E-state index in [4.69, 9.17) is 35.4 Å². The van der Waals surface area contributed by atoms with E-state index in [-0.39, 0.29) is 32.4 Å². The average Bonchev–Trinajstić information content (AvgIpc) is 2.56. The zero-order valence-corrected chi connectivity index (χ0v) is 16.5. The van der Waals surface area contributed by atoms with Crippen molar-refractivity contribution in [1.82, 2.24) is 5.32 Å². The van der Waals surface area contributed by atoms with Crippen molar-refractivity contribution in [3.8, 4) is 5.75 Å². The molecule has 1 saturated heterocycles. The topological polar surface area (TPSA) is 160 Å². The molecule has 1 aliphatic heterocycles. The number of halogens is 2. The van der Waals surface area contributed by atoms with E-state index in [1.165, 1.54) is 18.2 Å². The minimum atomic E-state index is -0.625. The molecule has 9 N–H and O–H groups in total. The van der Waals surface area contributed by atoms with Crippen molar-refractivity contribution >= 4 is 69.8 Å². The lowest BCUT2D eigenvalue weighted by atomic mass is 10.1. The van der Waals surface area contributed by atoms with Crippen molar-refractivity contribution in [2.75, 3.05) is 4.90 Å². The molecule has 0 aliphatic carbocycles. The number of phenolic OH excluding ortho intramolecular Hbond substituents is 1. The van der Waals surface area contributed by atoms with E-state index in [0.717, 1.165) is 4.90 Å². The molecule has 3 rings (SSSR count). The van der Waals surface area contributed by atoms with Crippen LogP contribution < -0.4 is 16.0 Å². The molecule has 2 aromatic rings. The Kier molecular flexibility index (Phi) is 7.65. The molecule has 0 aromatic heterocycles. The number of thiocarbonyl (C=S) groups is 1. The molecule has 1 heterocycles. The number of quaternary nitrogens is 1. The molecule has 0 radical (unpaired) electrons. The van der Waals surface area contributed by atoms with Gasteiger partial charge in [-0.05, 0) is 48.1 Å². The number of carbonyl (C=O) groups is 2. The highest BCUT2D eigenvalue weighted by atomic mass is 35.5. The van der Waals surface area contributed by atoms with Crippen LogP contribution in [0.4, 0.5) is 11.4 Å². The van der Waals surface area contributed by atoms with Gasteiger partial charge in [-0.25, -0.2) is 0 Å². The third-order valence-electron chi connectivity index (χ3n) is 3.67. The molecular weight excluding hydrogens is 429 g/mol. The quantitative estimate of drug-likeness (QED) is 0.354. The lowest BCUT2D eigenvalue weighted by molar-refractivity contribution is -0.256. The van der Waals surface area contributed by atoms with Gasteiger partial charge in [0.05, 0.1) is 10.7 Å². The van der Waals surface area contributed by atoms with Crippen LogP contribution in [-0.2, 0) is 9.59 Å². The minimum Gasteiger partial charge on any atom is -0.503 e. The summed E-state index contributed by atoms with van der Waals surface area (Å²) in [5, 5.41) is 12.6. The number of hydrogen-bond acceptors (Lipinski definition) is 4. The normalized spacial score (nSPS) is 15.0. The van der Waals surface area contributed by atoms with Crippen molar-refractivity contribution in [3.63, 3.8) is 0 Å². The maximum atomic E-state index is 12.9. The molecular formula is C17H16Cl2N3O5S+. The Morgan fingerprint density at radius 2 is 1.79 bits per heavy atom. The number of carbonyl (C=O) groups excluding carboxylic acids is 2. The Bertz CT molecular complexity index is 997. The number of phenols is 1. The minimum absolute atomic E-state index is 0. The smallest absolute Gasteiger partial charge is 0.270 e. The van der Waals surface area contributed by atoms with Gasteiger partial charge in [0.1, 0.15) is 5.57 Å². The molecule has 0 spiro atoms. The standard InChI is InChI=1S/C17H11Cl2N3O3S.2H2O/c18-9-2-3-13(11(19)7-9)22-16(25)10(15(24)21-17(22)26)5-8-1-4-14(23)12(20)6-8;;/h1-7,23H,20H2,(H,21,24,26);2*1H2/p+1/b10-5+;;. The van der Waals surface area contributed by atoms with E-state index in [2.05, 4.69) is 11.1 Å². The van der Waals surface area contributed by atoms with Crippen molar-refractivity contribution in [2.24, 2.45) is 0 Å². The Hall–Kier alpha value is -2.53. The number of hydrogen-bond donors (Lipinski definition) is 3. The summed E-state index contributed by atoms with van der Waals surface area (Å²) in [6.45, 7) is 0. The Labute approximate surface area is 174 Å². The van der Waals surface area contributed by atoms with Gasteiger partial charge in [-0.15, -0.1) is 0 Å². The van der Waals surface area contributed by atoms with Crippen molar-refractivity contribution in [2.45, 2.75) is 0 Å². The fraction of sp³-hybridized carbons (Fsp3) is 0. The summed E-state index contributed by atoms with van der Waals surface area (Å²) >= 11 is 17.2. The maximum absolute atomic E-state index is 12.9. The number of benzene rings is 2. The maximum Gasteiger partial charge on any atom is 0.270 e. The summed E-state index contributed by atoms with van der Waals surface area (Å²) in [7, 11) is 0. The number of nitrogens with zero attached hydrogens (tertiary/aromatic N) is 1. The monoisotopic (exact) mass is 444 g/mol. The summed E-state index contributed by atoms with van der Waals surface area (Å²) in [5.41, 5.74) is 4.76. The van der Waals surface area contributed by atoms with Gasteiger partial charge in [-0.3, -0.25) is 19.8 Å². The zero-order valence-electron chi connectivity index (χ0n) is 14.1. The van der Waals surface area contributed by atoms with E-state index >= 15 is 0 Å². The average molecular weight is 445 g/mol. The SMILES string of the molecule is O.O.[NH3+]c1cc(/C=C2\C(=O)NC(=S)N(c3ccc(Cl)cc3Cl)C2=O)ccc1O. The second kappa shape index (κ2) is 9.11. The van der Waals surface area contributed by atoms with Crippen molar-refractivity contribution in [3.05, 3.63) is 57.6 Å². The number of rotatable bonds is 2. The van der Waals surface area contributed by atoms with Crippen molar-refractivity contribution in [1.29, 1.82) is 0 Å². The fourth-order valence-corrected chi connectivity index (χ4v) is 3.17. The number of aromatic hydroxyl groups is 1. The van der Waals surface area contributed by atoms with Crippen LogP contribution in [0.1, 0.15) is 5.56 Å². The van der Waals surface area contributed by atoms with E-state index in [1.807, 2.05) is 0 Å². The van der Waals surface area contributed by atoms with Crippen molar-refractivity contribution < 1.29 is 31.4 Å². The third kappa shape index (κ3) is 4.47. The highest BCUT2D eigenvalue weighted by Crippen LogP contribution is 2.31. The predicted octanol–water partition coefficient (Wildman–Crippen LogP) is 0.754. The van der Waals surface area contributed by atoms with Crippen LogP contribution in [0.25, 0.3) is 6.08 Å². The largest absolute Gasteiger partial charge is 0.503 e. The van der Waals surface area contributed by atoms with Gasteiger partial charge in [-0.2, -0.15) is 0 Å². The third-order valence-corrected chi connectivity index (χ3v) is 4.49. The summed E-state index contributed by atoms with van der Waals surface area (Å²) in [5.74, 6) is -1.23. The highest BCUT2D eigenvalue weighted by Gasteiger charge is 2.35. The van der Waals surface area contributed by atoms with Gasteiger partial charge < -0.3 is 21.8 Å². The van der Waals surface area contributed by atoms with Gasteiger partial charge in [-0.1, -0.05) is 29.3 Å².